The molecule has 1 aliphatic heterocycles. The lowest BCUT2D eigenvalue weighted by Gasteiger charge is -2.23. The van der Waals surface area contributed by atoms with E-state index in [0.717, 1.165) is 24.0 Å². The fraction of sp³-hybridized carbons (Fsp3) is 0.320. The van der Waals surface area contributed by atoms with Gasteiger partial charge in [-0.3, -0.25) is 9.59 Å². The Balaban J connectivity index is 1.33. The second-order valence-corrected chi connectivity index (χ2v) is 8.46. The number of nitrogens with zero attached hydrogens (tertiary/aromatic N) is 2. The number of carboxylic acids is 1. The van der Waals surface area contributed by atoms with E-state index in [1.54, 1.807) is 6.07 Å². The maximum atomic E-state index is 13.0. The zero-order valence-corrected chi connectivity index (χ0v) is 18.8. The Morgan fingerprint density at radius 1 is 1.18 bits per heavy atom. The number of aryl methyl sites for hydroxylation is 1. The van der Waals surface area contributed by atoms with Crippen molar-refractivity contribution in [3.8, 4) is 5.75 Å². The van der Waals surface area contributed by atoms with Crippen LogP contribution < -0.4 is 4.74 Å². The van der Waals surface area contributed by atoms with E-state index in [1.165, 1.54) is 0 Å². The van der Waals surface area contributed by atoms with E-state index in [-0.39, 0.29) is 31.2 Å². The number of carbonyl (C=O) groups excluding carboxylic acids is 1. The molecule has 1 aliphatic rings. The van der Waals surface area contributed by atoms with Crippen molar-refractivity contribution in [1.82, 2.24) is 10.1 Å². The van der Waals surface area contributed by atoms with Gasteiger partial charge in [-0.15, -0.1) is 0 Å². The molecule has 0 bridgehead atoms. The van der Waals surface area contributed by atoms with Crippen molar-refractivity contribution in [3.05, 3.63) is 82.2 Å². The van der Waals surface area contributed by atoms with Gasteiger partial charge >= 0.3 is 5.97 Å². The van der Waals surface area contributed by atoms with Crippen molar-refractivity contribution in [2.75, 3.05) is 6.54 Å². The smallest absolute Gasteiger partial charge is 0.303 e. The average molecular weight is 469 g/mol. The molecule has 2 aromatic carbocycles. The molecule has 2 heterocycles. The number of carboxylic acid groups (broad SMARTS) is 1. The summed E-state index contributed by atoms with van der Waals surface area (Å²) in [5, 5.41) is 13.6. The quantitative estimate of drug-likeness (QED) is 0.483. The molecule has 0 spiro atoms. The van der Waals surface area contributed by atoms with Gasteiger partial charge in [-0.05, 0) is 36.6 Å². The molecular formula is C25H25ClN2O5. The molecule has 1 atom stereocenters. The van der Waals surface area contributed by atoms with Crippen molar-refractivity contribution in [3.63, 3.8) is 0 Å². The van der Waals surface area contributed by atoms with E-state index in [4.69, 9.17) is 26.0 Å². The van der Waals surface area contributed by atoms with E-state index in [1.807, 2.05) is 53.4 Å². The highest BCUT2D eigenvalue weighted by Crippen LogP contribution is 2.32. The summed E-state index contributed by atoms with van der Waals surface area (Å²) in [6.45, 7) is 1.04. The van der Waals surface area contributed by atoms with Crippen LogP contribution in [0.1, 0.15) is 47.9 Å². The first kappa shape index (κ1) is 22.9. The lowest BCUT2D eigenvalue weighted by molar-refractivity contribution is -0.137. The Labute approximate surface area is 196 Å². The Kier molecular flexibility index (Phi) is 7.29. The van der Waals surface area contributed by atoms with Gasteiger partial charge in [-0.25, -0.2) is 0 Å². The number of carbonyl (C=O) groups is 2. The van der Waals surface area contributed by atoms with E-state index >= 15 is 0 Å². The van der Waals surface area contributed by atoms with Crippen molar-refractivity contribution >= 4 is 23.5 Å². The van der Waals surface area contributed by atoms with Crippen LogP contribution in [0.3, 0.4) is 0 Å². The highest BCUT2D eigenvalue weighted by atomic mass is 35.5. The summed E-state index contributed by atoms with van der Waals surface area (Å²) in [6, 6.07) is 16.7. The molecule has 1 N–H and O–H groups in total. The van der Waals surface area contributed by atoms with Crippen LogP contribution in [0.15, 0.2) is 59.1 Å². The van der Waals surface area contributed by atoms with E-state index in [0.29, 0.717) is 35.4 Å². The number of hydrogen-bond acceptors (Lipinski definition) is 5. The number of halogens is 1. The fourth-order valence-electron chi connectivity index (χ4n) is 3.96. The molecule has 0 aliphatic carbocycles. The average Bonchev–Trinajstić information content (AvgIpc) is 3.47. The summed E-state index contributed by atoms with van der Waals surface area (Å²) in [5.74, 6) is 0.379. The zero-order chi connectivity index (χ0) is 23.2. The molecule has 172 valence electrons. The van der Waals surface area contributed by atoms with Gasteiger partial charge in [0, 0.05) is 29.6 Å². The highest BCUT2D eigenvalue weighted by molar-refractivity contribution is 6.31. The highest BCUT2D eigenvalue weighted by Gasteiger charge is 2.32. The SMILES string of the molecule is O=C(O)CCc1cc(C2CCCN2C(=O)Cc2ccc(OCc3ccccc3Cl)cc2)no1. The van der Waals surface area contributed by atoms with Gasteiger partial charge in [0.2, 0.25) is 5.91 Å². The van der Waals surface area contributed by atoms with Gasteiger partial charge in [-0.2, -0.15) is 0 Å². The Bertz CT molecular complexity index is 1110. The molecule has 8 heteroatoms. The number of aromatic nitrogens is 1. The summed E-state index contributed by atoms with van der Waals surface area (Å²) < 4.78 is 11.1. The number of aliphatic carboxylic acids is 1. The summed E-state index contributed by atoms with van der Waals surface area (Å²) >= 11 is 6.16. The summed E-state index contributed by atoms with van der Waals surface area (Å²) in [6.07, 6.45) is 2.26. The van der Waals surface area contributed by atoms with Crippen molar-refractivity contribution < 1.29 is 24.0 Å². The largest absolute Gasteiger partial charge is 0.489 e. The minimum Gasteiger partial charge on any atom is -0.489 e. The third-order valence-electron chi connectivity index (χ3n) is 5.71. The third kappa shape index (κ3) is 5.93. The van der Waals surface area contributed by atoms with Gasteiger partial charge < -0.3 is 19.3 Å². The molecular weight excluding hydrogens is 444 g/mol. The molecule has 1 saturated heterocycles. The standard InChI is InChI=1S/C25H25ClN2O5/c26-21-5-2-1-4-18(21)16-32-19-9-7-17(8-10-19)14-24(29)28-13-3-6-23(28)22-15-20(33-27-22)11-12-25(30)31/h1-2,4-5,7-10,15,23H,3,6,11-14,16H2,(H,30,31). The van der Waals surface area contributed by atoms with Crippen LogP contribution in [0.2, 0.25) is 5.02 Å². The molecule has 4 rings (SSSR count). The maximum absolute atomic E-state index is 13.0. The fourth-order valence-corrected chi connectivity index (χ4v) is 4.15. The van der Waals surface area contributed by atoms with Crippen LogP contribution in [-0.2, 0) is 29.0 Å². The number of amides is 1. The Hall–Kier alpha value is -3.32. The lowest BCUT2D eigenvalue weighted by Crippen LogP contribution is -2.32. The number of rotatable bonds is 9. The second-order valence-electron chi connectivity index (χ2n) is 8.06. The molecule has 1 amide bonds. The summed E-state index contributed by atoms with van der Waals surface area (Å²) in [7, 11) is 0. The predicted molar refractivity (Wildman–Crippen MR) is 122 cm³/mol. The van der Waals surface area contributed by atoms with Crippen LogP contribution >= 0.6 is 11.6 Å². The molecule has 1 fully saturated rings. The molecule has 1 aromatic heterocycles. The monoisotopic (exact) mass is 468 g/mol. The topological polar surface area (TPSA) is 92.9 Å². The molecule has 33 heavy (non-hydrogen) atoms. The second kappa shape index (κ2) is 10.5. The molecule has 1 unspecified atom stereocenters. The predicted octanol–water partition coefficient (Wildman–Crippen LogP) is 4.83. The first-order valence-electron chi connectivity index (χ1n) is 10.9. The number of hydrogen-bond donors (Lipinski definition) is 1. The van der Waals surface area contributed by atoms with Crippen molar-refractivity contribution in [2.45, 2.75) is 44.8 Å². The Morgan fingerprint density at radius 2 is 1.97 bits per heavy atom. The van der Waals surface area contributed by atoms with E-state index in [9.17, 15) is 9.59 Å². The number of likely N-dealkylation sites (tertiary alicyclic amines) is 1. The van der Waals surface area contributed by atoms with Crippen LogP contribution in [0.25, 0.3) is 0 Å². The third-order valence-corrected chi connectivity index (χ3v) is 6.08. The molecule has 0 radical (unpaired) electrons. The van der Waals surface area contributed by atoms with Gasteiger partial charge in [0.05, 0.1) is 18.9 Å². The number of benzene rings is 2. The number of ether oxygens (including phenoxy) is 1. The van der Waals surface area contributed by atoms with Gasteiger partial charge in [0.15, 0.2) is 0 Å². The normalized spacial score (nSPS) is 15.5. The maximum Gasteiger partial charge on any atom is 0.303 e. The first-order valence-corrected chi connectivity index (χ1v) is 11.3. The van der Waals surface area contributed by atoms with Crippen LogP contribution in [0.5, 0.6) is 5.75 Å². The summed E-state index contributed by atoms with van der Waals surface area (Å²) in [5.41, 5.74) is 2.50. The van der Waals surface area contributed by atoms with Crippen LogP contribution in [0.4, 0.5) is 0 Å². The van der Waals surface area contributed by atoms with Crippen LogP contribution in [0, 0.1) is 0 Å². The lowest BCUT2D eigenvalue weighted by atomic mass is 10.1. The molecule has 3 aromatic rings. The Morgan fingerprint density at radius 3 is 2.73 bits per heavy atom. The molecule has 7 nitrogen and oxygen atoms in total. The van der Waals surface area contributed by atoms with Gasteiger partial charge in [0.25, 0.3) is 0 Å². The van der Waals surface area contributed by atoms with E-state index < -0.39 is 5.97 Å². The minimum absolute atomic E-state index is 0.0138. The van der Waals surface area contributed by atoms with Gasteiger partial charge in [0.1, 0.15) is 23.8 Å². The zero-order valence-electron chi connectivity index (χ0n) is 18.1. The van der Waals surface area contributed by atoms with Crippen LogP contribution in [-0.4, -0.2) is 33.6 Å². The van der Waals surface area contributed by atoms with E-state index in [2.05, 4.69) is 5.16 Å². The van der Waals surface area contributed by atoms with Crippen molar-refractivity contribution in [1.29, 1.82) is 0 Å². The molecule has 0 saturated carbocycles. The first-order chi connectivity index (χ1) is 16.0. The summed E-state index contributed by atoms with van der Waals surface area (Å²) in [4.78, 5) is 25.6. The van der Waals surface area contributed by atoms with Gasteiger partial charge in [-0.1, -0.05) is 47.1 Å². The van der Waals surface area contributed by atoms with Crippen molar-refractivity contribution in [2.24, 2.45) is 0 Å². The minimum atomic E-state index is -0.883.